The maximum absolute atomic E-state index is 4.83. The Hall–Kier alpha value is 1.55. The summed E-state index contributed by atoms with van der Waals surface area (Å²) in [4.78, 5) is 0. The average Bonchev–Trinajstić information content (AvgIpc) is 0.722. The molecule has 0 aromatic heterocycles. The molecule has 6 heteroatoms. The Balaban J connectivity index is -0.0000000800. The maximum Gasteiger partial charge on any atom is 0.266 e. The summed E-state index contributed by atoms with van der Waals surface area (Å²) >= 11 is 19.3. The van der Waals surface area contributed by atoms with E-state index in [4.69, 9.17) is 46.4 Å². The summed E-state index contributed by atoms with van der Waals surface area (Å²) in [6.07, 6.45) is 0. The smallest absolute Gasteiger partial charge is 0.266 e. The van der Waals surface area contributed by atoms with E-state index in [-0.39, 0.29) is 16.0 Å². The molecule has 0 fully saturated rings. The topological polar surface area (TPSA) is 35.0 Å². The van der Waals surface area contributed by atoms with Crippen molar-refractivity contribution in [3.8, 4) is 0 Å². The van der Waals surface area contributed by atoms with E-state index in [0.29, 0.717) is 0 Å². The predicted molar refractivity (Wildman–Crippen MR) is 42.3 cm³/mol. The second kappa shape index (κ2) is 5.68. The molecule has 0 aromatic rings. The first-order chi connectivity index (χ1) is 2.00. The Morgan fingerprint density at radius 2 is 0.857 bits per heavy atom. The van der Waals surface area contributed by atoms with Gasteiger partial charge in [-0.2, -0.15) is 9.90 Å². The molecule has 0 aromatic carbocycles. The van der Waals surface area contributed by atoms with Crippen molar-refractivity contribution in [2.75, 3.05) is 0 Å². The fourth-order valence-electron chi connectivity index (χ4n) is 0. The van der Waals surface area contributed by atoms with Gasteiger partial charge < -0.3 is 6.15 Å². The number of rotatable bonds is 0. The van der Waals surface area contributed by atoms with E-state index >= 15 is 0 Å². The van der Waals surface area contributed by atoms with E-state index in [1.54, 1.807) is 0 Å². The molecule has 0 bridgehead atoms. The molecular formula is CH6Cl4NP. The number of alkyl halides is 4. The zero-order chi connectivity index (χ0) is 4.50. The third kappa shape index (κ3) is 96.8. The lowest BCUT2D eigenvalue weighted by Gasteiger charge is -1.91. The normalized spacial score (nSPS) is 8.57. The summed E-state index contributed by atoms with van der Waals surface area (Å²) in [5.74, 6) is 0. The van der Waals surface area contributed by atoms with E-state index in [9.17, 15) is 0 Å². The zero-order valence-corrected chi connectivity index (χ0v) is 7.86. The van der Waals surface area contributed by atoms with E-state index in [2.05, 4.69) is 0 Å². The highest BCUT2D eigenvalue weighted by Gasteiger charge is 2.11. The lowest BCUT2D eigenvalue weighted by molar-refractivity contribution is 1.76. The van der Waals surface area contributed by atoms with Gasteiger partial charge in [-0.15, -0.1) is 0 Å². The predicted octanol–water partition coefficient (Wildman–Crippen LogP) is 2.77. The van der Waals surface area contributed by atoms with Crippen molar-refractivity contribution in [2.24, 2.45) is 0 Å². The van der Waals surface area contributed by atoms with Gasteiger partial charge in [0.1, 0.15) is 0 Å². The third-order valence-corrected chi connectivity index (χ3v) is 0. The first kappa shape index (κ1) is 15.8. The van der Waals surface area contributed by atoms with Crippen LogP contribution in [0.1, 0.15) is 0 Å². The molecule has 0 saturated heterocycles. The molecule has 0 aliphatic rings. The first-order valence-corrected chi connectivity index (χ1v) is 2.27. The van der Waals surface area contributed by atoms with Gasteiger partial charge in [0.2, 0.25) is 0 Å². The number of hydrogen-bond acceptors (Lipinski definition) is 1. The molecule has 0 aliphatic heterocycles. The number of halogens is 4. The summed E-state index contributed by atoms with van der Waals surface area (Å²) in [5.41, 5.74) is 0. The highest BCUT2D eigenvalue weighted by Crippen LogP contribution is 2.29. The molecule has 0 saturated carbocycles. The summed E-state index contributed by atoms with van der Waals surface area (Å²) < 4.78 is -1.61. The lowest BCUT2D eigenvalue weighted by Crippen LogP contribution is -1.81. The van der Waals surface area contributed by atoms with Gasteiger partial charge in [0.15, 0.2) is 0 Å². The van der Waals surface area contributed by atoms with Crippen molar-refractivity contribution in [3.05, 3.63) is 0 Å². The minimum atomic E-state index is -1.61. The highest BCUT2D eigenvalue weighted by atomic mass is 35.6. The molecular weight excluding hydrogens is 199 g/mol. The molecule has 0 spiro atoms. The van der Waals surface area contributed by atoms with Crippen molar-refractivity contribution in [2.45, 2.75) is 3.25 Å². The second-order valence-corrected chi connectivity index (χ2v) is 3.86. The van der Waals surface area contributed by atoms with Crippen LogP contribution in [0.3, 0.4) is 0 Å². The fraction of sp³-hybridized carbons (Fsp3) is 1.00. The molecule has 1 unspecified atom stereocenters. The van der Waals surface area contributed by atoms with Crippen LogP contribution < -0.4 is 6.15 Å². The van der Waals surface area contributed by atoms with Crippen molar-refractivity contribution in [3.63, 3.8) is 0 Å². The lowest BCUT2D eigenvalue weighted by atomic mass is 11.8. The minimum absolute atomic E-state index is 0. The summed E-state index contributed by atoms with van der Waals surface area (Å²) in [6, 6.07) is 0. The monoisotopic (exact) mass is 203 g/mol. The second-order valence-electron chi connectivity index (χ2n) is 0.429. The van der Waals surface area contributed by atoms with Crippen LogP contribution in [-0.4, -0.2) is 3.25 Å². The minimum Gasteiger partial charge on any atom is -0.344 e. The van der Waals surface area contributed by atoms with Crippen LogP contribution in [0, 0.1) is 0 Å². The van der Waals surface area contributed by atoms with Gasteiger partial charge >= 0.3 is 0 Å². The quantitative estimate of drug-likeness (QED) is 0.478. The Labute approximate surface area is 65.8 Å². The first-order valence-electron chi connectivity index (χ1n) is 0.756. The van der Waals surface area contributed by atoms with Crippen LogP contribution >= 0.6 is 56.3 Å². The Morgan fingerprint density at radius 3 is 0.857 bits per heavy atom. The van der Waals surface area contributed by atoms with Crippen molar-refractivity contribution in [1.29, 1.82) is 0 Å². The van der Waals surface area contributed by atoms with Gasteiger partial charge in [-0.25, -0.2) is 0 Å². The Bertz CT molecular complexity index is 27.2. The molecule has 0 aliphatic carbocycles. The van der Waals surface area contributed by atoms with E-state index < -0.39 is 3.25 Å². The molecule has 3 N–H and O–H groups in total. The van der Waals surface area contributed by atoms with Crippen molar-refractivity contribution >= 4 is 56.3 Å². The van der Waals surface area contributed by atoms with Crippen LogP contribution in [0.25, 0.3) is 0 Å². The molecule has 1 atom stereocenters. The molecule has 7 heavy (non-hydrogen) atoms. The van der Waals surface area contributed by atoms with E-state index in [0.717, 1.165) is 0 Å². The van der Waals surface area contributed by atoms with Gasteiger partial charge in [0.05, 0.1) is 0 Å². The third-order valence-electron chi connectivity index (χ3n) is 0. The number of hydrogen-bond donors (Lipinski definition) is 1. The van der Waals surface area contributed by atoms with Gasteiger partial charge in [0.25, 0.3) is 3.25 Å². The Kier molecular flexibility index (Phi) is 12.8. The Morgan fingerprint density at radius 1 is 0.857 bits per heavy atom. The maximum atomic E-state index is 4.83. The van der Waals surface area contributed by atoms with E-state index in [1.807, 2.05) is 0 Å². The molecule has 48 valence electrons. The molecule has 0 rings (SSSR count). The van der Waals surface area contributed by atoms with Gasteiger partial charge in [0, 0.05) is 0 Å². The molecule has 1 nitrogen and oxygen atoms in total. The van der Waals surface area contributed by atoms with Crippen LogP contribution in [0.4, 0.5) is 0 Å². The standard InChI is InChI=1S/CCl4.H3N.H3P/c2-1(3,4)5;;/h;2*1H3. The van der Waals surface area contributed by atoms with Gasteiger partial charge in [-0.3, -0.25) is 0 Å². The molecule has 0 heterocycles. The molecule has 0 radical (unpaired) electrons. The van der Waals surface area contributed by atoms with Gasteiger partial charge in [-0.05, 0) is 0 Å². The zero-order valence-electron chi connectivity index (χ0n) is 3.43. The SMILES string of the molecule is ClC(Cl)(Cl)Cl.N.P. The fourth-order valence-corrected chi connectivity index (χ4v) is 0. The average molecular weight is 205 g/mol. The summed E-state index contributed by atoms with van der Waals surface area (Å²) in [6.45, 7) is 0. The van der Waals surface area contributed by atoms with Crippen LogP contribution in [0.5, 0.6) is 0 Å². The highest BCUT2D eigenvalue weighted by molar-refractivity contribution is 6.92. The van der Waals surface area contributed by atoms with Crippen LogP contribution in [0.2, 0.25) is 0 Å². The van der Waals surface area contributed by atoms with Crippen molar-refractivity contribution < 1.29 is 0 Å². The van der Waals surface area contributed by atoms with Gasteiger partial charge in [-0.1, -0.05) is 46.4 Å². The van der Waals surface area contributed by atoms with Crippen LogP contribution in [0.15, 0.2) is 0 Å². The largest absolute Gasteiger partial charge is 0.344 e. The van der Waals surface area contributed by atoms with Crippen LogP contribution in [-0.2, 0) is 0 Å². The van der Waals surface area contributed by atoms with E-state index in [1.165, 1.54) is 0 Å². The summed E-state index contributed by atoms with van der Waals surface area (Å²) in [5, 5.41) is 0. The summed E-state index contributed by atoms with van der Waals surface area (Å²) in [7, 11) is 0. The van der Waals surface area contributed by atoms with Crippen molar-refractivity contribution in [1.82, 2.24) is 6.15 Å². The molecule has 0 amide bonds.